The zero-order chi connectivity index (χ0) is 13.7. The summed E-state index contributed by atoms with van der Waals surface area (Å²) < 4.78 is 6.38. The first-order valence-electron chi connectivity index (χ1n) is 6.32. The van der Waals surface area contributed by atoms with Crippen molar-refractivity contribution in [3.05, 3.63) is 64.1 Å². The van der Waals surface area contributed by atoms with Crippen molar-refractivity contribution in [2.45, 2.75) is 12.3 Å². The molecule has 2 aromatic rings. The Kier molecular flexibility index (Phi) is 5.00. The number of ether oxygens (including phenoxy) is 1. The van der Waals surface area contributed by atoms with E-state index in [1.165, 1.54) is 11.1 Å². The Morgan fingerprint density at radius 2 is 1.89 bits per heavy atom. The average molecular weight is 320 g/mol. The molecular formula is C16H18BrNO. The molecule has 2 aromatic carbocycles. The molecule has 2 nitrogen and oxygen atoms in total. The Bertz CT molecular complexity index is 528. The van der Waals surface area contributed by atoms with Crippen molar-refractivity contribution in [2.24, 2.45) is 5.73 Å². The molecule has 3 heteroatoms. The summed E-state index contributed by atoms with van der Waals surface area (Å²) in [5.41, 5.74) is 8.43. The van der Waals surface area contributed by atoms with Crippen molar-refractivity contribution in [1.29, 1.82) is 0 Å². The maximum atomic E-state index is 5.93. The van der Waals surface area contributed by atoms with Crippen LogP contribution in [0.1, 0.15) is 17.0 Å². The van der Waals surface area contributed by atoms with E-state index < -0.39 is 0 Å². The summed E-state index contributed by atoms with van der Waals surface area (Å²) in [7, 11) is 1.69. The molecule has 0 aliphatic carbocycles. The van der Waals surface area contributed by atoms with E-state index in [1.807, 2.05) is 18.2 Å². The van der Waals surface area contributed by atoms with Gasteiger partial charge in [-0.3, -0.25) is 0 Å². The Labute approximate surface area is 122 Å². The van der Waals surface area contributed by atoms with Crippen molar-refractivity contribution in [3.63, 3.8) is 0 Å². The fourth-order valence-electron chi connectivity index (χ4n) is 2.16. The monoisotopic (exact) mass is 319 g/mol. The van der Waals surface area contributed by atoms with Crippen LogP contribution in [0.2, 0.25) is 0 Å². The summed E-state index contributed by atoms with van der Waals surface area (Å²) >= 11 is 3.59. The third kappa shape index (κ3) is 3.58. The number of hydrogen-bond acceptors (Lipinski definition) is 2. The molecule has 0 amide bonds. The topological polar surface area (TPSA) is 35.2 Å². The third-order valence-corrected chi connectivity index (χ3v) is 4.05. The molecule has 0 aliphatic rings. The van der Waals surface area contributed by atoms with Crippen LogP contribution in [-0.2, 0) is 6.42 Å². The van der Waals surface area contributed by atoms with Crippen LogP contribution in [0, 0.1) is 0 Å². The molecule has 1 atom stereocenters. The smallest absolute Gasteiger partial charge is 0.119 e. The zero-order valence-electron chi connectivity index (χ0n) is 11.0. The van der Waals surface area contributed by atoms with Gasteiger partial charge in [-0.05, 0) is 42.3 Å². The van der Waals surface area contributed by atoms with E-state index in [0.717, 1.165) is 16.6 Å². The summed E-state index contributed by atoms with van der Waals surface area (Å²) in [5, 5.41) is 0. The van der Waals surface area contributed by atoms with Gasteiger partial charge in [-0.15, -0.1) is 0 Å². The van der Waals surface area contributed by atoms with Gasteiger partial charge >= 0.3 is 0 Å². The first kappa shape index (κ1) is 14.1. The van der Waals surface area contributed by atoms with Gasteiger partial charge in [0.1, 0.15) is 5.75 Å². The number of halogens is 1. The largest absolute Gasteiger partial charge is 0.497 e. The van der Waals surface area contributed by atoms with Gasteiger partial charge in [-0.25, -0.2) is 0 Å². The van der Waals surface area contributed by atoms with Crippen molar-refractivity contribution >= 4 is 15.9 Å². The predicted octanol–water partition coefficient (Wildman–Crippen LogP) is 3.74. The van der Waals surface area contributed by atoms with Gasteiger partial charge in [0.2, 0.25) is 0 Å². The maximum Gasteiger partial charge on any atom is 0.119 e. The zero-order valence-corrected chi connectivity index (χ0v) is 12.6. The summed E-state index contributed by atoms with van der Waals surface area (Å²) in [6.45, 7) is 0.633. The van der Waals surface area contributed by atoms with E-state index in [1.54, 1.807) is 7.11 Å². The quantitative estimate of drug-likeness (QED) is 0.911. The molecule has 2 N–H and O–H groups in total. The second kappa shape index (κ2) is 6.73. The molecule has 0 aromatic heterocycles. The molecule has 0 heterocycles. The van der Waals surface area contributed by atoms with Gasteiger partial charge in [0.05, 0.1) is 7.11 Å². The lowest BCUT2D eigenvalue weighted by Gasteiger charge is -2.17. The SMILES string of the molecule is COc1ccc(Br)c(CC(CN)c2ccccc2)c1. The molecule has 100 valence electrons. The van der Waals surface area contributed by atoms with Crippen LogP contribution in [0.5, 0.6) is 5.75 Å². The summed E-state index contributed by atoms with van der Waals surface area (Å²) in [6, 6.07) is 16.4. The second-order valence-corrected chi connectivity index (χ2v) is 5.36. The lowest BCUT2D eigenvalue weighted by molar-refractivity contribution is 0.414. The highest BCUT2D eigenvalue weighted by Crippen LogP contribution is 2.28. The molecule has 1 unspecified atom stereocenters. The van der Waals surface area contributed by atoms with Crippen LogP contribution in [0.3, 0.4) is 0 Å². The molecule has 0 spiro atoms. The van der Waals surface area contributed by atoms with Crippen molar-refractivity contribution in [2.75, 3.05) is 13.7 Å². The minimum absolute atomic E-state index is 0.324. The van der Waals surface area contributed by atoms with E-state index in [4.69, 9.17) is 10.5 Å². The Balaban J connectivity index is 2.23. The number of benzene rings is 2. The Morgan fingerprint density at radius 3 is 2.53 bits per heavy atom. The number of nitrogens with two attached hydrogens (primary N) is 1. The highest BCUT2D eigenvalue weighted by Gasteiger charge is 2.12. The molecule has 0 fully saturated rings. The fraction of sp³-hybridized carbons (Fsp3) is 0.250. The van der Waals surface area contributed by atoms with Gasteiger partial charge in [-0.2, -0.15) is 0 Å². The van der Waals surface area contributed by atoms with Crippen LogP contribution in [-0.4, -0.2) is 13.7 Å². The molecule has 0 bridgehead atoms. The number of methoxy groups -OCH3 is 1. The Morgan fingerprint density at radius 1 is 1.16 bits per heavy atom. The molecular weight excluding hydrogens is 302 g/mol. The summed E-state index contributed by atoms with van der Waals surface area (Å²) in [6.07, 6.45) is 0.901. The van der Waals surface area contributed by atoms with Crippen molar-refractivity contribution < 1.29 is 4.74 Å². The minimum Gasteiger partial charge on any atom is -0.497 e. The lowest BCUT2D eigenvalue weighted by Crippen LogP contribution is -2.15. The molecule has 2 rings (SSSR count). The van der Waals surface area contributed by atoms with Gasteiger partial charge in [0.25, 0.3) is 0 Å². The molecule has 0 radical (unpaired) electrons. The Hall–Kier alpha value is -1.32. The van der Waals surface area contributed by atoms with E-state index in [0.29, 0.717) is 12.5 Å². The molecule has 19 heavy (non-hydrogen) atoms. The predicted molar refractivity (Wildman–Crippen MR) is 82.6 cm³/mol. The summed E-state index contributed by atoms with van der Waals surface area (Å²) in [4.78, 5) is 0. The standard InChI is InChI=1S/C16H18BrNO/c1-19-15-7-8-16(17)13(10-15)9-14(11-18)12-5-3-2-4-6-12/h2-8,10,14H,9,11,18H2,1H3. The van der Waals surface area contributed by atoms with E-state index in [-0.39, 0.29) is 0 Å². The fourth-order valence-corrected chi connectivity index (χ4v) is 2.57. The highest BCUT2D eigenvalue weighted by atomic mass is 79.9. The van der Waals surface area contributed by atoms with Crippen LogP contribution in [0.25, 0.3) is 0 Å². The van der Waals surface area contributed by atoms with Crippen LogP contribution < -0.4 is 10.5 Å². The van der Waals surface area contributed by atoms with Crippen LogP contribution >= 0.6 is 15.9 Å². The summed E-state index contributed by atoms with van der Waals surface area (Å²) in [5.74, 6) is 1.20. The average Bonchev–Trinajstić information content (AvgIpc) is 2.47. The van der Waals surface area contributed by atoms with Crippen LogP contribution in [0.15, 0.2) is 53.0 Å². The first-order valence-corrected chi connectivity index (χ1v) is 7.11. The van der Waals surface area contributed by atoms with Gasteiger partial charge in [-0.1, -0.05) is 46.3 Å². The van der Waals surface area contributed by atoms with Gasteiger partial charge in [0.15, 0.2) is 0 Å². The molecule has 0 aliphatic heterocycles. The van der Waals surface area contributed by atoms with E-state index in [2.05, 4.69) is 46.3 Å². The van der Waals surface area contributed by atoms with Gasteiger partial charge < -0.3 is 10.5 Å². The third-order valence-electron chi connectivity index (χ3n) is 3.27. The van der Waals surface area contributed by atoms with Crippen LogP contribution in [0.4, 0.5) is 0 Å². The van der Waals surface area contributed by atoms with Gasteiger partial charge in [0, 0.05) is 10.4 Å². The van der Waals surface area contributed by atoms with Crippen molar-refractivity contribution in [1.82, 2.24) is 0 Å². The first-order chi connectivity index (χ1) is 9.24. The second-order valence-electron chi connectivity index (χ2n) is 4.50. The number of rotatable bonds is 5. The molecule has 0 saturated heterocycles. The molecule has 0 saturated carbocycles. The number of hydrogen-bond donors (Lipinski definition) is 1. The normalized spacial score (nSPS) is 12.2. The maximum absolute atomic E-state index is 5.93. The highest BCUT2D eigenvalue weighted by molar-refractivity contribution is 9.10. The van der Waals surface area contributed by atoms with E-state index >= 15 is 0 Å². The lowest BCUT2D eigenvalue weighted by atomic mass is 9.92. The minimum atomic E-state index is 0.324. The van der Waals surface area contributed by atoms with E-state index in [9.17, 15) is 0 Å². The van der Waals surface area contributed by atoms with Crippen molar-refractivity contribution in [3.8, 4) is 5.75 Å².